The number of carbonyl (C=O) groups is 1. The predicted molar refractivity (Wildman–Crippen MR) is 236 cm³/mol. The minimum atomic E-state index is 0. The van der Waals surface area contributed by atoms with Gasteiger partial charge in [0.2, 0.25) is 0 Å². The molecule has 2 heterocycles. The van der Waals surface area contributed by atoms with E-state index in [1.807, 2.05) is 0 Å². The first-order valence-corrected chi connectivity index (χ1v) is 25.2. The van der Waals surface area contributed by atoms with Crippen LogP contribution in [0.4, 0.5) is 0 Å². The van der Waals surface area contributed by atoms with Gasteiger partial charge in [-0.1, -0.05) is 139 Å². The van der Waals surface area contributed by atoms with Crippen molar-refractivity contribution in [2.45, 2.75) is 247 Å². The number of esters is 1. The second kappa shape index (κ2) is 19.0. The van der Waals surface area contributed by atoms with Crippen molar-refractivity contribution in [2.75, 3.05) is 26.7 Å². The average molecular weight is 817 g/mol. The Kier molecular flexibility index (Phi) is 15.9. The van der Waals surface area contributed by atoms with Crippen molar-refractivity contribution in [3.8, 4) is 0 Å². The zero-order valence-corrected chi connectivity index (χ0v) is 40.3. The number of ether oxygens (including phenoxy) is 2. The Morgan fingerprint density at radius 2 is 1.16 bits per heavy atom. The van der Waals surface area contributed by atoms with Crippen molar-refractivity contribution in [3.05, 3.63) is 0 Å². The van der Waals surface area contributed by atoms with Gasteiger partial charge in [-0.2, -0.15) is 0 Å². The molecule has 2 bridgehead atoms. The van der Waals surface area contributed by atoms with Gasteiger partial charge in [-0.15, -0.1) is 0 Å². The lowest BCUT2D eigenvalue weighted by Crippen LogP contribution is -3.00. The molecule has 2 saturated heterocycles. The molecular weight excluding hydrogens is 722 g/mol. The Morgan fingerprint density at radius 1 is 0.614 bits per heavy atom. The van der Waals surface area contributed by atoms with Crippen molar-refractivity contribution in [2.24, 2.45) is 50.7 Å². The smallest absolute Gasteiger partial charge is 0.362 e. The summed E-state index contributed by atoms with van der Waals surface area (Å²) < 4.78 is 14.5. The molecule has 6 rings (SSSR count). The molecule has 0 amide bonds. The molecule has 10 atom stereocenters. The molecule has 57 heavy (non-hydrogen) atoms. The van der Waals surface area contributed by atoms with Crippen LogP contribution in [0, 0.1) is 50.7 Å². The number of likely N-dealkylation sites (N-methyl/N-ethyl adjacent to an activating group) is 1. The lowest BCUT2D eigenvalue weighted by Gasteiger charge is -2.77. The van der Waals surface area contributed by atoms with E-state index in [0.717, 1.165) is 41.7 Å². The molecule has 6 fully saturated rings. The van der Waals surface area contributed by atoms with Crippen LogP contribution in [0.25, 0.3) is 0 Å². The molecule has 4 saturated carbocycles. The molecule has 2 aliphatic heterocycles. The van der Waals surface area contributed by atoms with Crippen molar-refractivity contribution >= 4 is 5.97 Å². The molecule has 0 aromatic heterocycles. The first-order valence-electron chi connectivity index (χ1n) is 25.2. The Hall–Kier alpha value is -0.320. The summed E-state index contributed by atoms with van der Waals surface area (Å²) in [5.41, 5.74) is 1.61. The van der Waals surface area contributed by atoms with Gasteiger partial charge < -0.3 is 26.4 Å². The topological polar surface area (TPSA) is 35.5 Å². The predicted octanol–water partition coefficient (Wildman–Crippen LogP) is 11.3. The lowest BCUT2D eigenvalue weighted by atomic mass is 9.31. The standard InChI is InChI=1S/C52H94NO3.ClH/c1-11-13-15-17-19-21-23-25-37-53(10,38-26-24-22-20-18-16-14-12-2)39-44(54)55-43-30-31-49(7)41(48(43,5)6)29-32-51(9)42(49)28-27-40-45-46-47(3,4)33-35-52(45,56-46)36-34-50(40,51)8;/h40-43,45-46H,11-39H2,1-10H3;1H/q+1;/p-1/t40-,41?,42?,43+,45?,46-,49+,50-,51-,52+;/m1./s1. The van der Waals surface area contributed by atoms with Gasteiger partial charge in [0.15, 0.2) is 6.54 Å². The molecular formula is C52H94ClNO3. The molecule has 0 aromatic rings. The molecule has 0 aromatic carbocycles. The summed E-state index contributed by atoms with van der Waals surface area (Å²) in [6.45, 7) is 25.6. The van der Waals surface area contributed by atoms with E-state index in [4.69, 9.17) is 9.47 Å². The Morgan fingerprint density at radius 3 is 1.72 bits per heavy atom. The van der Waals surface area contributed by atoms with E-state index >= 15 is 0 Å². The van der Waals surface area contributed by atoms with Crippen LogP contribution in [0.15, 0.2) is 0 Å². The summed E-state index contributed by atoms with van der Waals surface area (Å²) in [6, 6.07) is 0. The van der Waals surface area contributed by atoms with Crippen LogP contribution < -0.4 is 12.4 Å². The van der Waals surface area contributed by atoms with E-state index in [1.165, 1.54) is 161 Å². The zero-order valence-electron chi connectivity index (χ0n) is 39.5. The summed E-state index contributed by atoms with van der Waals surface area (Å²) in [6.07, 6.45) is 34.9. The first-order chi connectivity index (χ1) is 26.5. The minimum Gasteiger partial charge on any atom is -1.00 e. The average Bonchev–Trinajstić information content (AvgIpc) is 3.12. The summed E-state index contributed by atoms with van der Waals surface area (Å²) in [5.74, 6) is 3.03. The highest BCUT2D eigenvalue weighted by Crippen LogP contribution is 2.78. The molecule has 3 unspecified atom stereocenters. The Balaban J connectivity index is 0.00000620. The Labute approximate surface area is 360 Å². The van der Waals surface area contributed by atoms with E-state index < -0.39 is 0 Å². The maximum Gasteiger partial charge on any atom is 0.362 e. The third kappa shape index (κ3) is 9.25. The largest absolute Gasteiger partial charge is 1.00 e. The Bertz CT molecular complexity index is 1270. The van der Waals surface area contributed by atoms with Gasteiger partial charge in [0.25, 0.3) is 0 Å². The van der Waals surface area contributed by atoms with Gasteiger partial charge >= 0.3 is 5.97 Å². The number of quaternary nitrogens is 1. The molecule has 4 aliphatic carbocycles. The summed E-state index contributed by atoms with van der Waals surface area (Å²) in [4.78, 5) is 14.1. The van der Waals surface area contributed by atoms with E-state index in [0.29, 0.717) is 40.2 Å². The fourth-order valence-corrected chi connectivity index (χ4v) is 15.8. The lowest BCUT2D eigenvalue weighted by molar-refractivity contribution is -0.903. The molecule has 332 valence electrons. The maximum atomic E-state index is 14.1. The van der Waals surface area contributed by atoms with E-state index in [9.17, 15) is 4.79 Å². The molecule has 1 spiro atoms. The van der Waals surface area contributed by atoms with Crippen molar-refractivity contribution < 1.29 is 31.2 Å². The molecule has 6 aliphatic rings. The normalized spacial score (nSPS) is 38.7. The van der Waals surface area contributed by atoms with Crippen LogP contribution in [-0.2, 0) is 14.3 Å². The number of halogens is 1. The second-order valence-electron chi connectivity index (χ2n) is 23.8. The van der Waals surface area contributed by atoms with E-state index in [-0.39, 0.29) is 35.5 Å². The number of carbonyl (C=O) groups excluding carboxylic acids is 1. The van der Waals surface area contributed by atoms with E-state index in [2.05, 4.69) is 69.4 Å². The fraction of sp³-hybridized carbons (Fsp3) is 0.981. The van der Waals surface area contributed by atoms with Gasteiger partial charge in [0.1, 0.15) is 6.10 Å². The van der Waals surface area contributed by atoms with Crippen LogP contribution in [-0.4, -0.2) is 54.9 Å². The van der Waals surface area contributed by atoms with Crippen LogP contribution in [0.1, 0.15) is 229 Å². The van der Waals surface area contributed by atoms with Gasteiger partial charge in [0, 0.05) is 11.3 Å². The van der Waals surface area contributed by atoms with Crippen molar-refractivity contribution in [1.82, 2.24) is 0 Å². The monoisotopic (exact) mass is 816 g/mol. The highest BCUT2D eigenvalue weighted by atomic mass is 35.5. The second-order valence-corrected chi connectivity index (χ2v) is 23.8. The molecule has 0 radical (unpaired) electrons. The first kappa shape index (κ1) is 47.7. The number of hydrogen-bond donors (Lipinski definition) is 0. The van der Waals surface area contributed by atoms with Crippen LogP contribution in [0.5, 0.6) is 0 Å². The van der Waals surface area contributed by atoms with Gasteiger partial charge in [-0.05, 0) is 129 Å². The highest BCUT2D eigenvalue weighted by Gasteiger charge is 2.75. The highest BCUT2D eigenvalue weighted by molar-refractivity contribution is 5.71. The third-order valence-electron chi connectivity index (χ3n) is 19.5. The summed E-state index contributed by atoms with van der Waals surface area (Å²) in [7, 11) is 2.38. The minimum absolute atomic E-state index is 0. The maximum absolute atomic E-state index is 14.1. The third-order valence-corrected chi connectivity index (χ3v) is 19.5. The van der Waals surface area contributed by atoms with Crippen molar-refractivity contribution in [1.29, 1.82) is 0 Å². The van der Waals surface area contributed by atoms with Gasteiger partial charge in [-0.3, -0.25) is 0 Å². The van der Waals surface area contributed by atoms with Crippen LogP contribution in [0.2, 0.25) is 0 Å². The van der Waals surface area contributed by atoms with Crippen molar-refractivity contribution in [3.63, 3.8) is 0 Å². The van der Waals surface area contributed by atoms with Crippen LogP contribution >= 0.6 is 0 Å². The molecule has 0 N–H and O–H groups in total. The number of nitrogens with zero attached hydrogens (tertiary/aromatic N) is 1. The summed E-state index contributed by atoms with van der Waals surface area (Å²) >= 11 is 0. The SMILES string of the molecule is CCCCCCCCCC[N+](C)(CCCCCCCCCC)CC(=O)O[C@H]1CC[C@@]2(C)C(CC[C@]3(C)C2CC[C@@H]2C4[C@H]5O[C@@]4(CCC5(C)C)CC[C@]23C)C1(C)C.[Cl-]. The number of rotatable bonds is 21. The van der Waals surface area contributed by atoms with Gasteiger partial charge in [-0.25, -0.2) is 4.79 Å². The number of hydrogen-bond acceptors (Lipinski definition) is 3. The quantitative estimate of drug-likeness (QED) is 0.0658. The number of fused-ring (bicyclic) bond motifs is 8. The van der Waals surface area contributed by atoms with Crippen LogP contribution in [0.3, 0.4) is 0 Å². The summed E-state index contributed by atoms with van der Waals surface area (Å²) in [5, 5.41) is 0. The molecule has 4 nitrogen and oxygen atoms in total. The van der Waals surface area contributed by atoms with E-state index in [1.54, 1.807) is 0 Å². The number of unbranched alkanes of at least 4 members (excludes halogenated alkanes) is 14. The zero-order chi connectivity index (χ0) is 40.5. The fourth-order valence-electron chi connectivity index (χ4n) is 15.8. The molecule has 5 heteroatoms. The van der Waals surface area contributed by atoms with Gasteiger partial charge in [0.05, 0.1) is 31.8 Å².